The summed E-state index contributed by atoms with van der Waals surface area (Å²) in [7, 11) is 0. The fraction of sp³-hybridized carbons (Fsp3) is 0.235. The zero-order valence-electron chi connectivity index (χ0n) is 10.9. The van der Waals surface area contributed by atoms with Crippen LogP contribution in [-0.2, 0) is 6.42 Å². The van der Waals surface area contributed by atoms with Gasteiger partial charge in [-0.25, -0.2) is 0 Å². The minimum Gasteiger partial charge on any atom is -0.284 e. The van der Waals surface area contributed by atoms with Gasteiger partial charge in [-0.05, 0) is 31.9 Å². The van der Waals surface area contributed by atoms with Crippen LogP contribution < -0.4 is 0 Å². The van der Waals surface area contributed by atoms with Crippen molar-refractivity contribution in [3.63, 3.8) is 0 Å². The van der Waals surface area contributed by atoms with E-state index >= 15 is 0 Å². The minimum atomic E-state index is 0.903. The number of aliphatic imine (C=N–C) groups is 1. The first-order chi connectivity index (χ1) is 8.74. The summed E-state index contributed by atoms with van der Waals surface area (Å²) < 4.78 is 0. The third-order valence-corrected chi connectivity index (χ3v) is 3.46. The molecule has 0 spiro atoms. The van der Waals surface area contributed by atoms with Crippen LogP contribution in [0.25, 0.3) is 0 Å². The van der Waals surface area contributed by atoms with E-state index in [-0.39, 0.29) is 0 Å². The number of fused-ring (bicyclic) bond motifs is 1. The largest absolute Gasteiger partial charge is 0.284 e. The van der Waals surface area contributed by atoms with Crippen molar-refractivity contribution in [1.29, 1.82) is 0 Å². The van der Waals surface area contributed by atoms with E-state index in [9.17, 15) is 0 Å². The molecule has 0 aromatic heterocycles. The summed E-state index contributed by atoms with van der Waals surface area (Å²) in [6.07, 6.45) is 1.06. The molecule has 0 N–H and O–H groups in total. The van der Waals surface area contributed by atoms with Crippen molar-refractivity contribution in [3.8, 4) is 0 Å². The monoisotopic (exact) mass is 235 g/mol. The van der Waals surface area contributed by atoms with Gasteiger partial charge in [-0.15, -0.1) is 0 Å². The highest BCUT2D eigenvalue weighted by Crippen LogP contribution is 2.22. The molecule has 0 unspecified atom stereocenters. The SMILES string of the molecule is Cc1cccc(C2=NCCc3cc(C)ccc32)c1. The molecule has 0 atom stereocenters. The molecule has 3 rings (SSSR count). The third kappa shape index (κ3) is 1.97. The standard InChI is InChI=1S/C17H17N/c1-12-4-3-5-15(11-12)17-16-7-6-13(2)10-14(16)8-9-18-17/h3-7,10-11H,8-9H2,1-2H3. The molecule has 0 amide bonds. The maximum atomic E-state index is 4.73. The van der Waals surface area contributed by atoms with Gasteiger partial charge in [-0.3, -0.25) is 4.99 Å². The number of aryl methyl sites for hydroxylation is 2. The lowest BCUT2D eigenvalue weighted by molar-refractivity contribution is 0.941. The molecule has 18 heavy (non-hydrogen) atoms. The van der Waals surface area contributed by atoms with E-state index in [1.165, 1.54) is 27.8 Å². The number of rotatable bonds is 1. The highest BCUT2D eigenvalue weighted by molar-refractivity contribution is 6.14. The van der Waals surface area contributed by atoms with Crippen molar-refractivity contribution in [1.82, 2.24) is 0 Å². The van der Waals surface area contributed by atoms with Gasteiger partial charge >= 0.3 is 0 Å². The molecular formula is C17H17N. The highest BCUT2D eigenvalue weighted by atomic mass is 14.7. The van der Waals surface area contributed by atoms with E-state index in [1.54, 1.807) is 0 Å². The van der Waals surface area contributed by atoms with Gasteiger partial charge in [-0.2, -0.15) is 0 Å². The van der Waals surface area contributed by atoms with Gasteiger partial charge in [0.2, 0.25) is 0 Å². The first kappa shape index (κ1) is 11.2. The Morgan fingerprint density at radius 3 is 2.61 bits per heavy atom. The maximum absolute atomic E-state index is 4.73. The zero-order chi connectivity index (χ0) is 12.5. The normalized spacial score (nSPS) is 14.0. The lowest BCUT2D eigenvalue weighted by Crippen LogP contribution is -2.14. The highest BCUT2D eigenvalue weighted by Gasteiger charge is 2.15. The summed E-state index contributed by atoms with van der Waals surface area (Å²) in [5, 5.41) is 0. The number of benzene rings is 2. The molecule has 0 saturated carbocycles. The van der Waals surface area contributed by atoms with Crippen molar-refractivity contribution < 1.29 is 0 Å². The molecule has 0 radical (unpaired) electrons. The molecule has 0 fully saturated rings. The summed E-state index contributed by atoms with van der Waals surface area (Å²) in [4.78, 5) is 4.73. The summed E-state index contributed by atoms with van der Waals surface area (Å²) >= 11 is 0. The Kier molecular flexibility index (Phi) is 2.75. The molecule has 2 aromatic rings. The molecule has 1 heterocycles. The first-order valence-electron chi connectivity index (χ1n) is 6.45. The van der Waals surface area contributed by atoms with Gasteiger partial charge in [0, 0.05) is 17.7 Å². The van der Waals surface area contributed by atoms with Crippen molar-refractivity contribution in [2.75, 3.05) is 6.54 Å². The first-order valence-corrected chi connectivity index (χ1v) is 6.45. The smallest absolute Gasteiger partial charge is 0.0721 e. The lowest BCUT2D eigenvalue weighted by atomic mass is 9.91. The topological polar surface area (TPSA) is 12.4 Å². The predicted molar refractivity (Wildman–Crippen MR) is 76.6 cm³/mol. The predicted octanol–water partition coefficient (Wildman–Crippen LogP) is 3.70. The van der Waals surface area contributed by atoms with Gasteiger partial charge in [0.05, 0.1) is 5.71 Å². The molecule has 0 bridgehead atoms. The molecule has 1 heteroatoms. The van der Waals surface area contributed by atoms with Crippen molar-refractivity contribution in [3.05, 3.63) is 70.3 Å². The van der Waals surface area contributed by atoms with Crippen molar-refractivity contribution >= 4 is 5.71 Å². The van der Waals surface area contributed by atoms with Crippen LogP contribution in [0.5, 0.6) is 0 Å². The van der Waals surface area contributed by atoms with Crippen molar-refractivity contribution in [2.45, 2.75) is 20.3 Å². The van der Waals surface area contributed by atoms with Crippen LogP contribution in [0, 0.1) is 13.8 Å². The van der Waals surface area contributed by atoms with E-state index in [4.69, 9.17) is 4.99 Å². The summed E-state index contributed by atoms with van der Waals surface area (Å²) in [6.45, 7) is 5.18. The van der Waals surface area contributed by atoms with Crippen LogP contribution in [0.15, 0.2) is 47.5 Å². The number of nitrogens with zero attached hydrogens (tertiary/aromatic N) is 1. The third-order valence-electron chi connectivity index (χ3n) is 3.46. The van der Waals surface area contributed by atoms with Crippen LogP contribution >= 0.6 is 0 Å². The Hall–Kier alpha value is -1.89. The average Bonchev–Trinajstić information content (AvgIpc) is 2.37. The lowest BCUT2D eigenvalue weighted by Gasteiger charge is -2.18. The molecular weight excluding hydrogens is 218 g/mol. The molecule has 1 aliphatic rings. The molecule has 90 valence electrons. The van der Waals surface area contributed by atoms with E-state index in [0.717, 1.165) is 18.7 Å². The second kappa shape index (κ2) is 4.41. The second-order valence-electron chi connectivity index (χ2n) is 5.01. The van der Waals surface area contributed by atoms with E-state index in [0.29, 0.717) is 0 Å². The summed E-state index contributed by atoms with van der Waals surface area (Å²) in [6, 6.07) is 15.3. The zero-order valence-corrected chi connectivity index (χ0v) is 10.9. The molecule has 1 nitrogen and oxygen atoms in total. The maximum Gasteiger partial charge on any atom is 0.0721 e. The van der Waals surface area contributed by atoms with Crippen LogP contribution in [0.4, 0.5) is 0 Å². The van der Waals surface area contributed by atoms with Gasteiger partial charge < -0.3 is 0 Å². The van der Waals surface area contributed by atoms with Crippen molar-refractivity contribution in [2.24, 2.45) is 4.99 Å². The van der Waals surface area contributed by atoms with Gasteiger partial charge in [0.1, 0.15) is 0 Å². The number of hydrogen-bond donors (Lipinski definition) is 0. The van der Waals surface area contributed by atoms with E-state index < -0.39 is 0 Å². The fourth-order valence-electron chi connectivity index (χ4n) is 2.57. The van der Waals surface area contributed by atoms with E-state index in [1.807, 2.05) is 0 Å². The number of hydrogen-bond acceptors (Lipinski definition) is 1. The fourth-order valence-corrected chi connectivity index (χ4v) is 2.57. The Morgan fingerprint density at radius 1 is 0.944 bits per heavy atom. The summed E-state index contributed by atoms with van der Waals surface area (Å²) in [5.41, 5.74) is 7.74. The van der Waals surface area contributed by atoms with E-state index in [2.05, 4.69) is 56.3 Å². The molecule has 1 aliphatic heterocycles. The molecule has 0 saturated heterocycles. The van der Waals surface area contributed by atoms with Crippen LogP contribution in [0.1, 0.15) is 27.8 Å². The average molecular weight is 235 g/mol. The minimum absolute atomic E-state index is 0.903. The Labute approximate surface area is 108 Å². The summed E-state index contributed by atoms with van der Waals surface area (Å²) in [5.74, 6) is 0. The molecule has 0 aliphatic carbocycles. The molecule has 2 aromatic carbocycles. The van der Waals surface area contributed by atoms with Gasteiger partial charge in [0.15, 0.2) is 0 Å². The van der Waals surface area contributed by atoms with Gasteiger partial charge in [0.25, 0.3) is 0 Å². The van der Waals surface area contributed by atoms with Crippen LogP contribution in [-0.4, -0.2) is 12.3 Å². The van der Waals surface area contributed by atoms with Crippen LogP contribution in [0.3, 0.4) is 0 Å². The Bertz CT molecular complexity index is 623. The van der Waals surface area contributed by atoms with Crippen LogP contribution in [0.2, 0.25) is 0 Å². The quantitative estimate of drug-likeness (QED) is 0.714. The Balaban J connectivity index is 2.12. The Morgan fingerprint density at radius 2 is 1.78 bits per heavy atom. The second-order valence-corrected chi connectivity index (χ2v) is 5.01. The van der Waals surface area contributed by atoms with Gasteiger partial charge in [-0.1, -0.05) is 47.5 Å².